The first-order valence-corrected chi connectivity index (χ1v) is 8.00. The van der Waals surface area contributed by atoms with Crippen LogP contribution in [0.3, 0.4) is 0 Å². The van der Waals surface area contributed by atoms with E-state index in [1.807, 2.05) is 51.1 Å². The lowest BCUT2D eigenvalue weighted by atomic mass is 9.91. The second-order valence-corrected chi connectivity index (χ2v) is 6.73. The van der Waals surface area contributed by atoms with Crippen LogP contribution in [0.5, 0.6) is 11.5 Å². The number of fused-ring (bicyclic) bond motifs is 1. The minimum Gasteiger partial charge on any atom is -0.483 e. The fourth-order valence-electron chi connectivity index (χ4n) is 2.91. The molecule has 0 aliphatic carbocycles. The van der Waals surface area contributed by atoms with Crippen LogP contribution in [-0.2, 0) is 0 Å². The molecule has 0 radical (unpaired) electrons. The Balaban J connectivity index is 2.17. The zero-order valence-corrected chi connectivity index (χ0v) is 14.9. The summed E-state index contributed by atoms with van der Waals surface area (Å²) in [5.41, 5.74) is 2.10. The molecule has 1 aliphatic heterocycles. The maximum Gasteiger partial charge on any atom is 0.573 e. The number of pyridine rings is 1. The van der Waals surface area contributed by atoms with Gasteiger partial charge in [-0.15, -0.1) is 13.2 Å². The third-order valence-corrected chi connectivity index (χ3v) is 3.86. The number of ether oxygens (including phenoxy) is 2. The lowest BCUT2D eigenvalue weighted by Crippen LogP contribution is -2.29. The van der Waals surface area contributed by atoms with E-state index in [0.29, 0.717) is 22.6 Å². The van der Waals surface area contributed by atoms with Crippen LogP contribution in [0, 0.1) is 0 Å². The van der Waals surface area contributed by atoms with Crippen LogP contribution in [0.25, 0.3) is 5.57 Å². The van der Waals surface area contributed by atoms with Crippen molar-refractivity contribution in [3.8, 4) is 11.5 Å². The quantitative estimate of drug-likeness (QED) is 0.794. The average Bonchev–Trinajstić information content (AvgIpc) is 2.52. The molecule has 138 valence electrons. The van der Waals surface area contributed by atoms with E-state index in [1.165, 1.54) is 18.2 Å². The number of rotatable bonds is 3. The summed E-state index contributed by atoms with van der Waals surface area (Å²) < 4.78 is 47.8. The van der Waals surface area contributed by atoms with Crippen LogP contribution in [0.4, 0.5) is 18.9 Å². The number of alkyl halides is 3. The van der Waals surface area contributed by atoms with Crippen LogP contribution in [-0.4, -0.2) is 31.0 Å². The fraction of sp³-hybridized carbons (Fsp3) is 0.316. The minimum absolute atomic E-state index is 0.298. The van der Waals surface area contributed by atoms with Gasteiger partial charge in [-0.3, -0.25) is 4.98 Å². The second-order valence-electron chi connectivity index (χ2n) is 6.73. The van der Waals surface area contributed by atoms with Crippen molar-refractivity contribution < 1.29 is 22.6 Å². The molecule has 3 rings (SSSR count). The molecule has 4 nitrogen and oxygen atoms in total. The second kappa shape index (κ2) is 6.23. The van der Waals surface area contributed by atoms with Gasteiger partial charge in [-0.1, -0.05) is 0 Å². The molecule has 2 heterocycles. The van der Waals surface area contributed by atoms with Crippen LogP contribution in [0.2, 0.25) is 0 Å². The minimum atomic E-state index is -4.76. The Labute approximate surface area is 149 Å². The molecule has 0 amide bonds. The molecular formula is C19H19F3N2O2. The Morgan fingerprint density at radius 3 is 2.54 bits per heavy atom. The van der Waals surface area contributed by atoms with Crippen molar-refractivity contribution in [2.75, 3.05) is 19.0 Å². The predicted octanol–water partition coefficient (Wildman–Crippen LogP) is 4.65. The van der Waals surface area contributed by atoms with Gasteiger partial charge in [0.25, 0.3) is 0 Å². The zero-order valence-electron chi connectivity index (χ0n) is 14.9. The summed E-state index contributed by atoms with van der Waals surface area (Å²) in [4.78, 5) is 6.37. The van der Waals surface area contributed by atoms with E-state index in [1.54, 1.807) is 6.20 Å². The molecule has 0 unspecified atom stereocenters. The topological polar surface area (TPSA) is 34.6 Å². The van der Waals surface area contributed by atoms with Crippen molar-refractivity contribution in [1.82, 2.24) is 4.98 Å². The predicted molar refractivity (Wildman–Crippen MR) is 93.5 cm³/mol. The summed E-state index contributed by atoms with van der Waals surface area (Å²) in [5.74, 6) is 0.185. The standard InChI is InChI=1S/C19H19F3N2O2/c1-18(2)11-14(17-15(24(3)4)6-5-9-23-17)13-10-12(25-19(20,21)22)7-8-16(13)26-18/h5-11H,1-4H3. The first-order valence-electron chi connectivity index (χ1n) is 8.00. The van der Waals surface area contributed by atoms with Gasteiger partial charge in [0.2, 0.25) is 0 Å². The number of hydrogen-bond donors (Lipinski definition) is 0. The van der Waals surface area contributed by atoms with Crippen molar-refractivity contribution in [3.05, 3.63) is 53.9 Å². The maximum atomic E-state index is 12.6. The molecule has 1 aromatic heterocycles. The molecule has 0 N–H and O–H groups in total. The number of aromatic nitrogens is 1. The summed E-state index contributed by atoms with van der Waals surface area (Å²) in [6.45, 7) is 3.77. The highest BCUT2D eigenvalue weighted by Crippen LogP contribution is 2.43. The van der Waals surface area contributed by atoms with Crippen molar-refractivity contribution in [2.24, 2.45) is 0 Å². The van der Waals surface area contributed by atoms with Gasteiger partial charge in [0.15, 0.2) is 0 Å². The van der Waals surface area contributed by atoms with Crippen LogP contribution in [0.1, 0.15) is 25.1 Å². The summed E-state index contributed by atoms with van der Waals surface area (Å²) in [6, 6.07) is 7.79. The maximum absolute atomic E-state index is 12.6. The molecule has 0 saturated heterocycles. The van der Waals surface area contributed by atoms with Gasteiger partial charge in [0.1, 0.15) is 17.1 Å². The van der Waals surface area contributed by atoms with Gasteiger partial charge in [0, 0.05) is 31.4 Å². The fourth-order valence-corrected chi connectivity index (χ4v) is 2.91. The van der Waals surface area contributed by atoms with Crippen molar-refractivity contribution in [3.63, 3.8) is 0 Å². The Bertz CT molecular complexity index is 858. The molecule has 0 saturated carbocycles. The van der Waals surface area contributed by atoms with Gasteiger partial charge in [-0.05, 0) is 50.3 Å². The lowest BCUT2D eigenvalue weighted by Gasteiger charge is -2.32. The van der Waals surface area contributed by atoms with Crippen molar-refractivity contribution in [2.45, 2.75) is 25.8 Å². The monoisotopic (exact) mass is 364 g/mol. The smallest absolute Gasteiger partial charge is 0.483 e. The Morgan fingerprint density at radius 2 is 1.88 bits per heavy atom. The first-order chi connectivity index (χ1) is 12.1. The van der Waals surface area contributed by atoms with Crippen LogP contribution < -0.4 is 14.4 Å². The molecule has 1 aromatic carbocycles. The number of benzene rings is 1. The van der Waals surface area contributed by atoms with Crippen LogP contribution >= 0.6 is 0 Å². The molecule has 0 atom stereocenters. The van der Waals surface area contributed by atoms with Crippen molar-refractivity contribution >= 4 is 11.3 Å². The number of hydrogen-bond acceptors (Lipinski definition) is 4. The first kappa shape index (κ1) is 18.1. The third kappa shape index (κ3) is 3.76. The van der Waals surface area contributed by atoms with E-state index in [-0.39, 0.29) is 5.75 Å². The lowest BCUT2D eigenvalue weighted by molar-refractivity contribution is -0.274. The van der Waals surface area contributed by atoms with E-state index in [2.05, 4.69) is 9.72 Å². The number of halogens is 3. The summed E-state index contributed by atoms with van der Waals surface area (Å²) in [7, 11) is 3.77. The average molecular weight is 364 g/mol. The molecule has 0 fully saturated rings. The molecule has 26 heavy (non-hydrogen) atoms. The van der Waals surface area contributed by atoms with E-state index < -0.39 is 12.0 Å². The zero-order chi connectivity index (χ0) is 19.1. The van der Waals surface area contributed by atoms with Crippen LogP contribution in [0.15, 0.2) is 42.6 Å². The van der Waals surface area contributed by atoms with E-state index in [0.717, 1.165) is 5.69 Å². The van der Waals surface area contributed by atoms with Gasteiger partial charge in [-0.25, -0.2) is 0 Å². The molecular weight excluding hydrogens is 345 g/mol. The van der Waals surface area contributed by atoms with Gasteiger partial charge < -0.3 is 14.4 Å². The largest absolute Gasteiger partial charge is 0.573 e. The van der Waals surface area contributed by atoms with Gasteiger partial charge >= 0.3 is 6.36 Å². The normalized spacial score (nSPS) is 15.6. The highest BCUT2D eigenvalue weighted by atomic mass is 19.4. The summed E-state index contributed by atoms with van der Waals surface area (Å²) in [5, 5.41) is 0. The molecule has 0 bridgehead atoms. The molecule has 0 spiro atoms. The van der Waals surface area contributed by atoms with E-state index >= 15 is 0 Å². The number of nitrogens with zero attached hydrogens (tertiary/aromatic N) is 2. The SMILES string of the molecule is CN(C)c1cccnc1C1=CC(C)(C)Oc2ccc(OC(F)(F)F)cc21. The molecule has 2 aromatic rings. The molecule has 7 heteroatoms. The van der Waals surface area contributed by atoms with Gasteiger partial charge in [0.05, 0.1) is 11.4 Å². The van der Waals surface area contributed by atoms with Crippen molar-refractivity contribution in [1.29, 1.82) is 0 Å². The molecule has 1 aliphatic rings. The van der Waals surface area contributed by atoms with Gasteiger partial charge in [-0.2, -0.15) is 0 Å². The highest BCUT2D eigenvalue weighted by Gasteiger charge is 2.33. The Kier molecular flexibility index (Phi) is 4.34. The Hall–Kier alpha value is -2.70. The van der Waals surface area contributed by atoms with E-state index in [9.17, 15) is 13.2 Å². The summed E-state index contributed by atoms with van der Waals surface area (Å²) >= 11 is 0. The Morgan fingerprint density at radius 1 is 1.15 bits per heavy atom. The van der Waals surface area contributed by atoms with E-state index in [4.69, 9.17) is 4.74 Å². The highest BCUT2D eigenvalue weighted by molar-refractivity contribution is 5.88. The number of anilines is 1. The summed E-state index contributed by atoms with van der Waals surface area (Å²) in [6.07, 6.45) is -1.24. The third-order valence-electron chi connectivity index (χ3n) is 3.86.